The van der Waals surface area contributed by atoms with Crippen molar-refractivity contribution in [2.24, 2.45) is 5.41 Å². The molecule has 0 radical (unpaired) electrons. The molecule has 2 atom stereocenters. The van der Waals surface area contributed by atoms with Gasteiger partial charge < -0.3 is 36.4 Å². The normalized spacial score (nSPS) is 14.5. The van der Waals surface area contributed by atoms with Crippen LogP contribution < -0.4 is 16.0 Å². The van der Waals surface area contributed by atoms with Gasteiger partial charge in [-0.05, 0) is 60.7 Å². The van der Waals surface area contributed by atoms with Crippen LogP contribution in [0.25, 0.3) is 0 Å². The third-order valence-corrected chi connectivity index (χ3v) is 6.47. The fraction of sp³-hybridized carbons (Fsp3) is 0.464. The number of rotatable bonds is 9. The molecule has 1 aliphatic heterocycles. The second-order valence-electron chi connectivity index (χ2n) is 10.3. The van der Waals surface area contributed by atoms with E-state index in [1.165, 1.54) is 22.3 Å². The van der Waals surface area contributed by atoms with Crippen molar-refractivity contribution < 1.29 is 34.8 Å². The zero-order valence-corrected chi connectivity index (χ0v) is 23.2. The third-order valence-electron chi connectivity index (χ3n) is 6.16. The molecule has 2 aromatic carbocycles. The molecule has 214 valence electrons. The predicted octanol–water partition coefficient (Wildman–Crippen LogP) is 2.22. The largest absolute Gasteiger partial charge is 0.479 e. The molecule has 2 aromatic rings. The number of fused-ring (bicyclic) bond motifs is 1. The van der Waals surface area contributed by atoms with Gasteiger partial charge in [0.05, 0.1) is 10.7 Å². The standard InChI is InChI=1S/C24H32ClN3O.C4H6O6/c1-24(2,3)23(29)27-15-10-17-4-6-18(7-5-17)16-28-22-20-12-14-26-13-11-19(20)8-9-21(22)25;5-1(3(7)8)2(6)4(9)10/h4-9,26,28H,10-16H2,1-3H3,(H,27,29);1-2,5-6H,(H,7,8)(H,9,10). The monoisotopic (exact) mass is 563 g/mol. The van der Waals surface area contributed by atoms with Gasteiger partial charge in [-0.3, -0.25) is 4.79 Å². The summed E-state index contributed by atoms with van der Waals surface area (Å²) in [6.07, 6.45) is -1.66. The molecule has 0 saturated heterocycles. The summed E-state index contributed by atoms with van der Waals surface area (Å²) < 4.78 is 0. The first-order valence-corrected chi connectivity index (χ1v) is 13.1. The molecule has 0 fully saturated rings. The number of carbonyl (C=O) groups excluding carboxylic acids is 1. The molecule has 1 amide bonds. The second kappa shape index (κ2) is 14.8. The van der Waals surface area contributed by atoms with Crippen LogP contribution in [0.4, 0.5) is 5.69 Å². The Kier molecular flexibility index (Phi) is 12.2. The Labute approximate surface area is 233 Å². The predicted molar refractivity (Wildman–Crippen MR) is 149 cm³/mol. The molecule has 3 rings (SSSR count). The number of hydrogen-bond donors (Lipinski definition) is 7. The summed E-state index contributed by atoms with van der Waals surface area (Å²) >= 11 is 6.50. The minimum atomic E-state index is -2.27. The summed E-state index contributed by atoms with van der Waals surface area (Å²) in [5.74, 6) is -3.45. The molecule has 0 bridgehead atoms. The van der Waals surface area contributed by atoms with Gasteiger partial charge in [-0.15, -0.1) is 0 Å². The molecule has 39 heavy (non-hydrogen) atoms. The number of carboxylic acids is 2. The lowest BCUT2D eigenvalue weighted by atomic mass is 9.95. The van der Waals surface area contributed by atoms with E-state index in [0.717, 1.165) is 49.6 Å². The number of amides is 1. The number of aliphatic hydroxyl groups excluding tert-OH is 2. The fourth-order valence-corrected chi connectivity index (χ4v) is 4.05. The average molecular weight is 564 g/mol. The van der Waals surface area contributed by atoms with E-state index in [1.807, 2.05) is 26.8 Å². The van der Waals surface area contributed by atoms with Crippen LogP contribution in [0.1, 0.15) is 43.0 Å². The highest BCUT2D eigenvalue weighted by atomic mass is 35.5. The van der Waals surface area contributed by atoms with Crippen molar-refractivity contribution in [2.45, 2.75) is 58.8 Å². The third kappa shape index (κ3) is 10.1. The highest BCUT2D eigenvalue weighted by molar-refractivity contribution is 6.33. The van der Waals surface area contributed by atoms with Crippen LogP contribution in [0.15, 0.2) is 36.4 Å². The summed E-state index contributed by atoms with van der Waals surface area (Å²) in [5.41, 5.74) is 5.89. The van der Waals surface area contributed by atoms with Gasteiger partial charge >= 0.3 is 11.9 Å². The Morgan fingerprint density at radius 3 is 2.05 bits per heavy atom. The number of anilines is 1. The van der Waals surface area contributed by atoms with Gasteiger partial charge in [0.25, 0.3) is 0 Å². The Balaban J connectivity index is 0.000000455. The maximum Gasteiger partial charge on any atom is 0.335 e. The number of aliphatic carboxylic acids is 2. The van der Waals surface area contributed by atoms with Crippen LogP contribution in [-0.2, 0) is 40.2 Å². The Morgan fingerprint density at radius 1 is 0.923 bits per heavy atom. The van der Waals surface area contributed by atoms with Crippen molar-refractivity contribution >= 4 is 35.1 Å². The smallest absolute Gasteiger partial charge is 0.335 e. The summed E-state index contributed by atoms with van der Waals surface area (Å²) in [5, 5.41) is 43.3. The first-order chi connectivity index (χ1) is 18.3. The van der Waals surface area contributed by atoms with Crippen LogP contribution >= 0.6 is 11.6 Å². The van der Waals surface area contributed by atoms with E-state index in [1.54, 1.807) is 0 Å². The van der Waals surface area contributed by atoms with Crippen LogP contribution in [0.3, 0.4) is 0 Å². The van der Waals surface area contributed by atoms with E-state index in [4.69, 9.17) is 32.0 Å². The number of carboxylic acid groups (broad SMARTS) is 2. The van der Waals surface area contributed by atoms with Gasteiger partial charge in [0.1, 0.15) is 0 Å². The first kappa shape index (κ1) is 32.0. The second-order valence-corrected chi connectivity index (χ2v) is 10.7. The van der Waals surface area contributed by atoms with E-state index < -0.39 is 24.1 Å². The SMILES string of the molecule is CC(C)(C)C(=O)NCCc1ccc(CNc2c(Cl)ccc3c2CCNCC3)cc1.O=C(O)C(O)C(O)C(=O)O. The molecule has 0 aromatic heterocycles. The maximum atomic E-state index is 11.9. The number of halogens is 1. The molecule has 2 unspecified atom stereocenters. The lowest BCUT2D eigenvalue weighted by Crippen LogP contribution is -2.39. The Morgan fingerprint density at radius 2 is 1.49 bits per heavy atom. The maximum absolute atomic E-state index is 11.9. The lowest BCUT2D eigenvalue weighted by Gasteiger charge is -2.17. The zero-order chi connectivity index (χ0) is 29.2. The highest BCUT2D eigenvalue weighted by Crippen LogP contribution is 2.31. The minimum Gasteiger partial charge on any atom is -0.479 e. The van der Waals surface area contributed by atoms with Gasteiger partial charge in [-0.1, -0.05) is 62.7 Å². The summed E-state index contributed by atoms with van der Waals surface area (Å²) in [7, 11) is 0. The van der Waals surface area contributed by atoms with E-state index in [9.17, 15) is 14.4 Å². The van der Waals surface area contributed by atoms with Crippen molar-refractivity contribution in [3.8, 4) is 0 Å². The number of carbonyl (C=O) groups is 3. The van der Waals surface area contributed by atoms with Crippen molar-refractivity contribution in [1.82, 2.24) is 10.6 Å². The van der Waals surface area contributed by atoms with E-state index >= 15 is 0 Å². The van der Waals surface area contributed by atoms with Gasteiger partial charge in [-0.25, -0.2) is 9.59 Å². The number of hydrogen-bond acceptors (Lipinski definition) is 7. The van der Waals surface area contributed by atoms with Crippen LogP contribution in [0.5, 0.6) is 0 Å². The Hall–Kier alpha value is -3.18. The molecule has 1 heterocycles. The Bertz CT molecular complexity index is 1120. The number of benzene rings is 2. The molecule has 0 aliphatic carbocycles. The molecule has 7 N–H and O–H groups in total. The molecule has 1 aliphatic rings. The molecule has 0 spiro atoms. The molecular formula is C28H38ClN3O7. The van der Waals surface area contributed by atoms with Crippen molar-refractivity contribution in [2.75, 3.05) is 25.0 Å². The molecule has 0 saturated carbocycles. The first-order valence-electron chi connectivity index (χ1n) is 12.7. The summed E-state index contributed by atoms with van der Waals surface area (Å²) in [4.78, 5) is 31.5. The topological polar surface area (TPSA) is 168 Å². The quantitative estimate of drug-likeness (QED) is 0.242. The average Bonchev–Trinajstić information content (AvgIpc) is 3.13. The number of aliphatic hydroxyl groups is 2. The van der Waals surface area contributed by atoms with Crippen molar-refractivity contribution in [3.05, 3.63) is 63.7 Å². The van der Waals surface area contributed by atoms with Crippen molar-refractivity contribution in [3.63, 3.8) is 0 Å². The van der Waals surface area contributed by atoms with Gasteiger partial charge in [-0.2, -0.15) is 0 Å². The van der Waals surface area contributed by atoms with Crippen molar-refractivity contribution in [1.29, 1.82) is 0 Å². The van der Waals surface area contributed by atoms with Gasteiger partial charge in [0.15, 0.2) is 12.2 Å². The van der Waals surface area contributed by atoms with Crippen LogP contribution in [-0.4, -0.2) is 70.1 Å². The summed E-state index contributed by atoms with van der Waals surface area (Å²) in [6.45, 7) is 9.20. The van der Waals surface area contributed by atoms with Gasteiger partial charge in [0, 0.05) is 18.5 Å². The molecule has 10 nitrogen and oxygen atoms in total. The van der Waals surface area contributed by atoms with Gasteiger partial charge in [0.2, 0.25) is 5.91 Å². The zero-order valence-electron chi connectivity index (χ0n) is 22.5. The number of nitrogens with one attached hydrogen (secondary N) is 3. The minimum absolute atomic E-state index is 0.0902. The van der Waals surface area contributed by atoms with E-state index in [0.29, 0.717) is 6.54 Å². The molecule has 11 heteroatoms. The fourth-order valence-electron chi connectivity index (χ4n) is 3.80. The summed E-state index contributed by atoms with van der Waals surface area (Å²) in [6, 6.07) is 12.7. The lowest BCUT2D eigenvalue weighted by molar-refractivity contribution is -0.165. The molecular weight excluding hydrogens is 526 g/mol. The van der Waals surface area contributed by atoms with Crippen LogP contribution in [0.2, 0.25) is 5.02 Å². The van der Waals surface area contributed by atoms with Crippen LogP contribution in [0, 0.1) is 5.41 Å². The highest BCUT2D eigenvalue weighted by Gasteiger charge is 2.29. The van der Waals surface area contributed by atoms with E-state index in [2.05, 4.69) is 46.3 Å². The van der Waals surface area contributed by atoms with E-state index in [-0.39, 0.29) is 11.3 Å².